The molecule has 0 unspecified atom stereocenters. The van der Waals surface area contributed by atoms with Crippen molar-refractivity contribution in [2.45, 2.75) is 19.3 Å². The van der Waals surface area contributed by atoms with Gasteiger partial charge in [0, 0.05) is 32.9 Å². The SMILES string of the molecule is CC1(C)c2cc3ccccc3cc2-c2c(-c3cccc(-c4cc(-c5ccccc5-c5ccc6c(c5)oc5ccccc56)nc(-c5ccccc5)n4)c3)cccc21. The summed E-state index contributed by atoms with van der Waals surface area (Å²) in [4.78, 5) is 10.5. The van der Waals surface area contributed by atoms with Crippen molar-refractivity contribution in [1.29, 1.82) is 0 Å². The molecule has 8 aromatic carbocycles. The Morgan fingerprint density at radius 2 is 1.04 bits per heavy atom. The van der Waals surface area contributed by atoms with Gasteiger partial charge in [0.25, 0.3) is 0 Å². The third-order valence-electron chi connectivity index (χ3n) is 11.7. The highest BCUT2D eigenvalue weighted by Crippen LogP contribution is 2.53. The Morgan fingerprint density at radius 1 is 0.393 bits per heavy atom. The van der Waals surface area contributed by atoms with Gasteiger partial charge in [-0.15, -0.1) is 0 Å². The summed E-state index contributed by atoms with van der Waals surface area (Å²) in [5.74, 6) is 0.689. The second-order valence-electron chi connectivity index (χ2n) is 15.4. The highest BCUT2D eigenvalue weighted by Gasteiger charge is 2.37. The fourth-order valence-electron chi connectivity index (χ4n) is 8.86. The third-order valence-corrected chi connectivity index (χ3v) is 11.7. The van der Waals surface area contributed by atoms with E-state index in [-0.39, 0.29) is 5.41 Å². The minimum atomic E-state index is -0.114. The van der Waals surface area contributed by atoms with Crippen molar-refractivity contribution in [2.24, 2.45) is 0 Å². The van der Waals surface area contributed by atoms with Crippen molar-refractivity contribution in [1.82, 2.24) is 9.97 Å². The molecule has 56 heavy (non-hydrogen) atoms. The first-order chi connectivity index (χ1) is 27.5. The molecule has 0 spiro atoms. The van der Waals surface area contributed by atoms with Crippen molar-refractivity contribution in [3.63, 3.8) is 0 Å². The number of nitrogens with zero attached hydrogens (tertiary/aromatic N) is 2. The van der Waals surface area contributed by atoms with E-state index < -0.39 is 0 Å². The van der Waals surface area contributed by atoms with Gasteiger partial charge in [-0.1, -0.05) is 153 Å². The normalized spacial score (nSPS) is 13.0. The molecular weight excluding hydrogens is 681 g/mol. The van der Waals surface area contributed by atoms with Gasteiger partial charge >= 0.3 is 0 Å². The molecule has 3 heteroatoms. The molecule has 0 fully saturated rings. The Hall–Kier alpha value is -7.10. The van der Waals surface area contributed by atoms with Crippen LogP contribution in [0, 0.1) is 0 Å². The summed E-state index contributed by atoms with van der Waals surface area (Å²) in [7, 11) is 0. The fourth-order valence-corrected chi connectivity index (χ4v) is 8.86. The Bertz CT molecular complexity index is 3170. The zero-order valence-corrected chi connectivity index (χ0v) is 31.1. The molecule has 0 saturated carbocycles. The second-order valence-corrected chi connectivity index (χ2v) is 15.4. The summed E-state index contributed by atoms with van der Waals surface area (Å²) < 4.78 is 6.31. The predicted octanol–water partition coefficient (Wildman–Crippen LogP) is 14.2. The molecule has 0 saturated heterocycles. The molecule has 10 aromatic rings. The minimum Gasteiger partial charge on any atom is -0.456 e. The van der Waals surface area contributed by atoms with Crippen molar-refractivity contribution in [3.8, 4) is 67.3 Å². The monoisotopic (exact) mass is 716 g/mol. The zero-order valence-electron chi connectivity index (χ0n) is 31.1. The Kier molecular flexibility index (Phi) is 7.20. The number of rotatable bonds is 5. The molecule has 0 bridgehead atoms. The number of benzene rings is 8. The van der Waals surface area contributed by atoms with Crippen molar-refractivity contribution in [2.75, 3.05) is 0 Å². The molecule has 0 N–H and O–H groups in total. The van der Waals surface area contributed by atoms with E-state index in [1.807, 2.05) is 30.3 Å². The Balaban J connectivity index is 1.07. The maximum atomic E-state index is 6.31. The lowest BCUT2D eigenvalue weighted by Gasteiger charge is -2.22. The van der Waals surface area contributed by atoms with Crippen LogP contribution in [0.2, 0.25) is 0 Å². The average molecular weight is 717 g/mol. The summed E-state index contributed by atoms with van der Waals surface area (Å²) in [6.07, 6.45) is 0. The van der Waals surface area contributed by atoms with E-state index in [1.54, 1.807) is 0 Å². The molecule has 0 radical (unpaired) electrons. The number of aromatic nitrogens is 2. The van der Waals surface area contributed by atoms with E-state index in [9.17, 15) is 0 Å². The van der Waals surface area contributed by atoms with Crippen LogP contribution >= 0.6 is 0 Å². The maximum Gasteiger partial charge on any atom is 0.160 e. The number of hydrogen-bond donors (Lipinski definition) is 0. The molecule has 3 nitrogen and oxygen atoms in total. The first-order valence-electron chi connectivity index (χ1n) is 19.2. The van der Waals surface area contributed by atoms with E-state index in [0.29, 0.717) is 5.82 Å². The topological polar surface area (TPSA) is 38.9 Å². The quantitative estimate of drug-likeness (QED) is 0.178. The second kappa shape index (κ2) is 12.5. The summed E-state index contributed by atoms with van der Waals surface area (Å²) in [6, 6.07) is 64.8. The van der Waals surface area contributed by atoms with Gasteiger partial charge in [-0.2, -0.15) is 0 Å². The summed E-state index contributed by atoms with van der Waals surface area (Å²) >= 11 is 0. The van der Waals surface area contributed by atoms with E-state index >= 15 is 0 Å². The molecule has 0 atom stereocenters. The molecule has 1 aliphatic rings. The van der Waals surface area contributed by atoms with Crippen LogP contribution < -0.4 is 0 Å². The van der Waals surface area contributed by atoms with E-state index in [2.05, 4.69) is 166 Å². The molecule has 2 aromatic heterocycles. The van der Waals surface area contributed by atoms with Gasteiger partial charge in [0.05, 0.1) is 11.4 Å². The molecule has 0 amide bonds. The smallest absolute Gasteiger partial charge is 0.160 e. The van der Waals surface area contributed by atoms with Crippen molar-refractivity contribution in [3.05, 3.63) is 193 Å². The lowest BCUT2D eigenvalue weighted by Crippen LogP contribution is -2.14. The molecule has 2 heterocycles. The number of para-hydroxylation sites is 1. The molecule has 1 aliphatic carbocycles. The zero-order chi connectivity index (χ0) is 37.4. The summed E-state index contributed by atoms with van der Waals surface area (Å²) in [5.41, 5.74) is 16.4. The van der Waals surface area contributed by atoms with Gasteiger partial charge in [-0.25, -0.2) is 9.97 Å². The molecule has 11 rings (SSSR count). The lowest BCUT2D eigenvalue weighted by molar-refractivity contribution is 0.661. The van der Waals surface area contributed by atoms with Crippen molar-refractivity contribution >= 4 is 32.7 Å². The van der Waals surface area contributed by atoms with Crippen LogP contribution in [0.25, 0.3) is 100.0 Å². The van der Waals surface area contributed by atoms with E-state index in [1.165, 1.54) is 38.6 Å². The standard InChI is InChI=1S/C53H36N2O/c1-53(2)45-24-13-23-40(51(45)44-29-34-16-6-7-17-35(34)30-46(44)53)36-18-12-19-38(28-36)47-32-48(55-52(54-47)33-14-4-3-5-15-33)41-21-9-8-20-39(41)37-26-27-43-42-22-10-11-25-49(42)56-50(43)31-37/h3-32H,1-2H3. The van der Waals surface area contributed by atoms with Gasteiger partial charge < -0.3 is 4.42 Å². The van der Waals surface area contributed by atoms with Gasteiger partial charge in [-0.05, 0) is 97.7 Å². The highest BCUT2D eigenvalue weighted by atomic mass is 16.3. The van der Waals surface area contributed by atoms with Crippen LogP contribution in [-0.4, -0.2) is 9.97 Å². The van der Waals surface area contributed by atoms with E-state index in [4.69, 9.17) is 14.4 Å². The van der Waals surface area contributed by atoms with Crippen LogP contribution in [0.5, 0.6) is 0 Å². The third kappa shape index (κ3) is 5.12. The van der Waals surface area contributed by atoms with Crippen LogP contribution in [0.15, 0.2) is 186 Å². The highest BCUT2D eigenvalue weighted by molar-refractivity contribution is 6.06. The predicted molar refractivity (Wildman–Crippen MR) is 232 cm³/mol. The summed E-state index contributed by atoms with van der Waals surface area (Å²) in [6.45, 7) is 4.71. The van der Waals surface area contributed by atoms with Crippen LogP contribution in [0.3, 0.4) is 0 Å². The van der Waals surface area contributed by atoms with E-state index in [0.717, 1.165) is 66.7 Å². The number of furan rings is 1. The van der Waals surface area contributed by atoms with Crippen molar-refractivity contribution < 1.29 is 4.42 Å². The first kappa shape index (κ1) is 32.3. The van der Waals surface area contributed by atoms with Gasteiger partial charge in [0.2, 0.25) is 0 Å². The van der Waals surface area contributed by atoms with Crippen LogP contribution in [0.1, 0.15) is 25.0 Å². The number of hydrogen-bond acceptors (Lipinski definition) is 3. The molecule has 0 aliphatic heterocycles. The van der Waals surface area contributed by atoms with Gasteiger partial charge in [0.1, 0.15) is 11.2 Å². The fraction of sp³-hybridized carbons (Fsp3) is 0.0566. The summed E-state index contributed by atoms with van der Waals surface area (Å²) in [5, 5.41) is 4.78. The van der Waals surface area contributed by atoms with Gasteiger partial charge in [0.15, 0.2) is 5.82 Å². The van der Waals surface area contributed by atoms with Crippen LogP contribution in [-0.2, 0) is 5.41 Å². The Morgan fingerprint density at radius 3 is 1.91 bits per heavy atom. The average Bonchev–Trinajstić information content (AvgIpc) is 3.74. The first-order valence-corrected chi connectivity index (χ1v) is 19.2. The Labute approximate surface area is 325 Å². The maximum absolute atomic E-state index is 6.31. The largest absolute Gasteiger partial charge is 0.456 e. The van der Waals surface area contributed by atoms with Gasteiger partial charge in [-0.3, -0.25) is 0 Å². The lowest BCUT2D eigenvalue weighted by atomic mass is 9.81. The number of fused-ring (bicyclic) bond motifs is 7. The van der Waals surface area contributed by atoms with Crippen LogP contribution in [0.4, 0.5) is 0 Å². The minimum absolute atomic E-state index is 0.114. The molecular formula is C53H36N2O. The molecule has 264 valence electrons.